The van der Waals surface area contributed by atoms with Gasteiger partial charge in [-0.2, -0.15) is 0 Å². The molecule has 0 aromatic carbocycles. The standard InChI is InChI=1S/C10H11N5O/c11-3-1-7-5-9(16)15-10(14-7)8-2-4-12-6-13-8/h2,4-6H,1,3,11H2,(H,14,15,16). The van der Waals surface area contributed by atoms with Crippen molar-refractivity contribution < 1.29 is 0 Å². The van der Waals surface area contributed by atoms with Crippen LogP contribution in [0.5, 0.6) is 0 Å². The van der Waals surface area contributed by atoms with Gasteiger partial charge in [0, 0.05) is 24.4 Å². The number of rotatable bonds is 3. The summed E-state index contributed by atoms with van der Waals surface area (Å²) in [6.07, 6.45) is 3.57. The molecule has 0 unspecified atom stereocenters. The lowest BCUT2D eigenvalue weighted by Gasteiger charge is -2.01. The van der Waals surface area contributed by atoms with E-state index in [1.807, 2.05) is 0 Å². The molecule has 6 nitrogen and oxygen atoms in total. The Hall–Kier alpha value is -2.08. The van der Waals surface area contributed by atoms with Crippen LogP contribution in [-0.2, 0) is 6.42 Å². The largest absolute Gasteiger partial charge is 0.330 e. The highest BCUT2D eigenvalue weighted by Crippen LogP contribution is 2.08. The second kappa shape index (κ2) is 4.63. The summed E-state index contributed by atoms with van der Waals surface area (Å²) in [5.41, 5.74) is 6.48. The zero-order valence-corrected chi connectivity index (χ0v) is 8.55. The zero-order chi connectivity index (χ0) is 11.4. The highest BCUT2D eigenvalue weighted by molar-refractivity contribution is 5.47. The molecule has 2 aromatic heterocycles. The van der Waals surface area contributed by atoms with Crippen LogP contribution in [0.25, 0.3) is 11.5 Å². The molecule has 2 aromatic rings. The summed E-state index contributed by atoms with van der Waals surface area (Å²) in [5.74, 6) is 0.443. The number of aromatic amines is 1. The summed E-state index contributed by atoms with van der Waals surface area (Å²) in [4.78, 5) is 26.1. The summed E-state index contributed by atoms with van der Waals surface area (Å²) < 4.78 is 0. The Morgan fingerprint density at radius 1 is 1.44 bits per heavy atom. The third-order valence-electron chi connectivity index (χ3n) is 2.02. The summed E-state index contributed by atoms with van der Waals surface area (Å²) in [6.45, 7) is 0.458. The monoisotopic (exact) mass is 217 g/mol. The molecule has 82 valence electrons. The Balaban J connectivity index is 2.45. The fraction of sp³-hybridized carbons (Fsp3) is 0.200. The molecule has 3 N–H and O–H groups in total. The maximum absolute atomic E-state index is 11.4. The van der Waals surface area contributed by atoms with Gasteiger partial charge in [0.25, 0.3) is 5.56 Å². The lowest BCUT2D eigenvalue weighted by atomic mass is 10.3. The molecular formula is C10H11N5O. The number of nitrogens with zero attached hydrogens (tertiary/aromatic N) is 3. The van der Waals surface area contributed by atoms with Crippen LogP contribution < -0.4 is 11.3 Å². The van der Waals surface area contributed by atoms with Crippen molar-refractivity contribution in [2.45, 2.75) is 6.42 Å². The van der Waals surface area contributed by atoms with Crippen LogP contribution in [0.4, 0.5) is 0 Å². The summed E-state index contributed by atoms with van der Waals surface area (Å²) in [7, 11) is 0. The molecule has 0 radical (unpaired) electrons. The minimum absolute atomic E-state index is 0.202. The predicted molar refractivity (Wildman–Crippen MR) is 58.6 cm³/mol. The van der Waals surface area contributed by atoms with E-state index in [2.05, 4.69) is 19.9 Å². The molecule has 0 aliphatic heterocycles. The highest BCUT2D eigenvalue weighted by Gasteiger charge is 2.04. The van der Waals surface area contributed by atoms with Crippen LogP contribution in [0, 0.1) is 0 Å². The number of nitrogens with two attached hydrogens (primary N) is 1. The van der Waals surface area contributed by atoms with Gasteiger partial charge in [0.05, 0.1) is 0 Å². The van der Waals surface area contributed by atoms with E-state index >= 15 is 0 Å². The van der Waals surface area contributed by atoms with Crippen LogP contribution in [-0.4, -0.2) is 26.5 Å². The fourth-order valence-corrected chi connectivity index (χ4v) is 1.34. The second-order valence-corrected chi connectivity index (χ2v) is 3.22. The normalized spacial score (nSPS) is 10.3. The van der Waals surface area contributed by atoms with Crippen LogP contribution in [0.15, 0.2) is 29.5 Å². The highest BCUT2D eigenvalue weighted by atomic mass is 16.1. The number of hydrogen-bond acceptors (Lipinski definition) is 5. The van der Waals surface area contributed by atoms with Gasteiger partial charge in [-0.1, -0.05) is 0 Å². The van der Waals surface area contributed by atoms with E-state index in [4.69, 9.17) is 5.73 Å². The fourth-order valence-electron chi connectivity index (χ4n) is 1.34. The van der Waals surface area contributed by atoms with E-state index in [-0.39, 0.29) is 5.56 Å². The van der Waals surface area contributed by atoms with Crippen LogP contribution in [0.3, 0.4) is 0 Å². The molecule has 0 fully saturated rings. The lowest BCUT2D eigenvalue weighted by Crippen LogP contribution is -2.13. The molecule has 0 saturated carbocycles. The predicted octanol–water partition coefficient (Wildman–Crippen LogP) is -0.272. The third-order valence-corrected chi connectivity index (χ3v) is 2.02. The summed E-state index contributed by atoms with van der Waals surface area (Å²) in [5, 5.41) is 0. The minimum atomic E-state index is -0.202. The van der Waals surface area contributed by atoms with Gasteiger partial charge in [0.15, 0.2) is 5.82 Å². The molecule has 2 rings (SSSR count). The number of H-pyrrole nitrogens is 1. The molecule has 0 atom stereocenters. The van der Waals surface area contributed by atoms with E-state index in [1.165, 1.54) is 12.4 Å². The topological polar surface area (TPSA) is 97.6 Å². The molecule has 6 heteroatoms. The third kappa shape index (κ3) is 2.29. The molecule has 16 heavy (non-hydrogen) atoms. The summed E-state index contributed by atoms with van der Waals surface area (Å²) >= 11 is 0. The minimum Gasteiger partial charge on any atom is -0.330 e. The number of hydrogen-bond donors (Lipinski definition) is 2. The average molecular weight is 217 g/mol. The van der Waals surface area contributed by atoms with E-state index < -0.39 is 0 Å². The number of aromatic nitrogens is 4. The molecule has 0 aliphatic rings. The lowest BCUT2D eigenvalue weighted by molar-refractivity contribution is 0.902. The molecule has 0 bridgehead atoms. The Labute approximate surface area is 91.6 Å². The van der Waals surface area contributed by atoms with Crippen molar-refractivity contribution in [3.8, 4) is 11.5 Å². The summed E-state index contributed by atoms with van der Waals surface area (Å²) in [6, 6.07) is 3.13. The Morgan fingerprint density at radius 2 is 2.31 bits per heavy atom. The molecule has 0 aliphatic carbocycles. The molecule has 0 spiro atoms. The molecule has 0 amide bonds. The van der Waals surface area contributed by atoms with E-state index in [1.54, 1.807) is 12.3 Å². The van der Waals surface area contributed by atoms with Crippen LogP contribution in [0.1, 0.15) is 5.69 Å². The van der Waals surface area contributed by atoms with E-state index in [0.717, 1.165) is 0 Å². The van der Waals surface area contributed by atoms with Crippen molar-refractivity contribution in [1.82, 2.24) is 19.9 Å². The van der Waals surface area contributed by atoms with Gasteiger partial charge in [0.1, 0.15) is 12.0 Å². The van der Waals surface area contributed by atoms with Crippen molar-refractivity contribution >= 4 is 0 Å². The Kier molecular flexibility index (Phi) is 3.02. The average Bonchev–Trinajstić information content (AvgIpc) is 2.30. The van der Waals surface area contributed by atoms with Gasteiger partial charge < -0.3 is 10.7 Å². The first-order valence-electron chi connectivity index (χ1n) is 4.86. The molecule has 2 heterocycles. The quantitative estimate of drug-likeness (QED) is 0.737. The van der Waals surface area contributed by atoms with Gasteiger partial charge in [0.2, 0.25) is 0 Å². The van der Waals surface area contributed by atoms with Crippen LogP contribution in [0.2, 0.25) is 0 Å². The Morgan fingerprint density at radius 3 is 3.00 bits per heavy atom. The molecule has 0 saturated heterocycles. The van der Waals surface area contributed by atoms with Crippen molar-refractivity contribution in [2.24, 2.45) is 5.73 Å². The van der Waals surface area contributed by atoms with Crippen molar-refractivity contribution in [3.05, 3.63) is 40.7 Å². The zero-order valence-electron chi connectivity index (χ0n) is 8.55. The van der Waals surface area contributed by atoms with Gasteiger partial charge in [-0.25, -0.2) is 15.0 Å². The van der Waals surface area contributed by atoms with Crippen molar-refractivity contribution in [3.63, 3.8) is 0 Å². The van der Waals surface area contributed by atoms with Crippen molar-refractivity contribution in [2.75, 3.05) is 6.54 Å². The van der Waals surface area contributed by atoms with Gasteiger partial charge in [-0.05, 0) is 12.6 Å². The Bertz CT molecular complexity index is 522. The first-order chi connectivity index (χ1) is 7.79. The maximum atomic E-state index is 11.4. The van der Waals surface area contributed by atoms with Gasteiger partial charge >= 0.3 is 0 Å². The van der Waals surface area contributed by atoms with Gasteiger partial charge in [-0.3, -0.25) is 4.79 Å². The first-order valence-corrected chi connectivity index (χ1v) is 4.86. The van der Waals surface area contributed by atoms with Crippen molar-refractivity contribution in [1.29, 1.82) is 0 Å². The van der Waals surface area contributed by atoms with Crippen LogP contribution >= 0.6 is 0 Å². The van der Waals surface area contributed by atoms with Gasteiger partial charge in [-0.15, -0.1) is 0 Å². The molecular weight excluding hydrogens is 206 g/mol. The smallest absolute Gasteiger partial charge is 0.251 e. The van der Waals surface area contributed by atoms with E-state index in [9.17, 15) is 4.79 Å². The second-order valence-electron chi connectivity index (χ2n) is 3.22. The first kappa shape index (κ1) is 10.4. The number of nitrogens with one attached hydrogen (secondary N) is 1. The van der Waals surface area contributed by atoms with E-state index in [0.29, 0.717) is 30.2 Å². The maximum Gasteiger partial charge on any atom is 0.251 e. The SMILES string of the molecule is NCCc1cc(=O)[nH]c(-c2ccncn2)n1.